The predicted molar refractivity (Wildman–Crippen MR) is 133 cm³/mol. The number of morpholine rings is 1. The molecule has 7 nitrogen and oxygen atoms in total. The average molecular weight is 459 g/mol. The Morgan fingerprint density at radius 1 is 1.21 bits per heavy atom. The van der Waals surface area contributed by atoms with E-state index in [0.29, 0.717) is 12.4 Å². The number of methoxy groups -OCH3 is 1. The van der Waals surface area contributed by atoms with Crippen LogP contribution in [0.2, 0.25) is 0 Å². The number of rotatable bonds is 5. The van der Waals surface area contributed by atoms with Crippen LogP contribution in [0.5, 0.6) is 5.75 Å². The van der Waals surface area contributed by atoms with Gasteiger partial charge in [0.1, 0.15) is 18.2 Å². The predicted octanol–water partition coefficient (Wildman–Crippen LogP) is 4.31. The lowest BCUT2D eigenvalue weighted by atomic mass is 9.88. The standard InChI is InChI=1S/C27H30N4O3/c1-19-6-10-22(11-7-19)27(3)17-34-16-26(32)31(27)25(28-4)13-9-21-8-12-23(24(14-21)33-5)30-15-20(2)29-18-30/h6-15,18H,16-17H2,1-5H3/b13-9+,28-25?. The van der Waals surface area contributed by atoms with Gasteiger partial charge in [-0.05, 0) is 50.1 Å². The van der Waals surface area contributed by atoms with Crippen molar-refractivity contribution in [2.45, 2.75) is 26.3 Å². The third-order valence-corrected chi connectivity index (χ3v) is 6.10. The summed E-state index contributed by atoms with van der Waals surface area (Å²) in [5, 5.41) is 0. The summed E-state index contributed by atoms with van der Waals surface area (Å²) in [6, 6.07) is 14.1. The quantitative estimate of drug-likeness (QED) is 0.422. The Morgan fingerprint density at radius 2 is 1.97 bits per heavy atom. The van der Waals surface area contributed by atoms with Gasteiger partial charge in [-0.2, -0.15) is 0 Å². The Hall–Kier alpha value is -3.71. The van der Waals surface area contributed by atoms with E-state index in [1.54, 1.807) is 25.4 Å². The van der Waals surface area contributed by atoms with Crippen LogP contribution in [0.25, 0.3) is 11.8 Å². The van der Waals surface area contributed by atoms with Gasteiger partial charge in [-0.3, -0.25) is 14.7 Å². The lowest BCUT2D eigenvalue weighted by Gasteiger charge is -2.44. The Bertz CT molecular complexity index is 1240. The molecule has 0 N–H and O–H groups in total. The molecule has 7 heteroatoms. The highest BCUT2D eigenvalue weighted by atomic mass is 16.5. The molecule has 1 aromatic heterocycles. The van der Waals surface area contributed by atoms with Gasteiger partial charge in [0.25, 0.3) is 5.91 Å². The first-order valence-electron chi connectivity index (χ1n) is 11.2. The van der Waals surface area contributed by atoms with Crippen molar-refractivity contribution in [2.75, 3.05) is 27.4 Å². The van der Waals surface area contributed by atoms with Gasteiger partial charge in [-0.1, -0.05) is 42.0 Å². The number of imidazole rings is 1. The monoisotopic (exact) mass is 458 g/mol. The lowest BCUT2D eigenvalue weighted by Crippen LogP contribution is -2.57. The molecule has 0 aliphatic carbocycles. The number of aromatic nitrogens is 2. The average Bonchev–Trinajstić information content (AvgIpc) is 3.27. The number of hydrogen-bond donors (Lipinski definition) is 0. The molecule has 0 bridgehead atoms. The van der Waals surface area contributed by atoms with E-state index >= 15 is 0 Å². The van der Waals surface area contributed by atoms with Crippen molar-refractivity contribution in [3.63, 3.8) is 0 Å². The molecule has 1 saturated heterocycles. The van der Waals surface area contributed by atoms with Crippen LogP contribution in [0.1, 0.15) is 29.3 Å². The van der Waals surface area contributed by atoms with Crippen molar-refractivity contribution in [2.24, 2.45) is 4.99 Å². The number of hydrogen-bond acceptors (Lipinski definition) is 5. The fourth-order valence-electron chi connectivity index (χ4n) is 4.23. The third kappa shape index (κ3) is 4.52. The van der Waals surface area contributed by atoms with Crippen LogP contribution in [-0.4, -0.2) is 53.6 Å². The van der Waals surface area contributed by atoms with Gasteiger partial charge in [0, 0.05) is 13.2 Å². The smallest absolute Gasteiger partial charge is 0.255 e. The number of carbonyl (C=O) groups is 1. The van der Waals surface area contributed by atoms with Crippen LogP contribution in [0.15, 0.2) is 66.1 Å². The number of aliphatic imine (C=N–C) groups is 1. The van der Waals surface area contributed by atoms with E-state index in [1.165, 1.54) is 0 Å². The van der Waals surface area contributed by atoms with E-state index in [0.717, 1.165) is 33.8 Å². The Labute approximate surface area is 200 Å². The molecule has 1 aliphatic heterocycles. The highest BCUT2D eigenvalue weighted by Crippen LogP contribution is 2.33. The first-order chi connectivity index (χ1) is 16.4. The summed E-state index contributed by atoms with van der Waals surface area (Å²) in [7, 11) is 3.34. The summed E-state index contributed by atoms with van der Waals surface area (Å²) >= 11 is 0. The SMILES string of the molecule is CN=C(/C=C/c1ccc(-n2cnc(C)c2)c(OC)c1)N1C(=O)COCC1(C)c1ccc(C)cc1. The summed E-state index contributed by atoms with van der Waals surface area (Å²) in [5.74, 6) is 1.18. The second-order valence-corrected chi connectivity index (χ2v) is 8.63. The van der Waals surface area contributed by atoms with Gasteiger partial charge in [0.05, 0.1) is 37.0 Å². The molecule has 1 unspecified atom stereocenters. The zero-order valence-corrected chi connectivity index (χ0v) is 20.3. The maximum atomic E-state index is 13.0. The lowest BCUT2D eigenvalue weighted by molar-refractivity contribution is -0.148. The summed E-state index contributed by atoms with van der Waals surface area (Å²) in [5.41, 5.74) is 4.26. The molecule has 2 aromatic carbocycles. The maximum Gasteiger partial charge on any atom is 0.255 e. The molecule has 0 radical (unpaired) electrons. The van der Waals surface area contributed by atoms with Gasteiger partial charge >= 0.3 is 0 Å². The van der Waals surface area contributed by atoms with Crippen LogP contribution < -0.4 is 4.74 Å². The number of benzene rings is 2. The first kappa shape index (κ1) is 23.4. The van der Waals surface area contributed by atoms with E-state index in [1.807, 2.05) is 86.2 Å². The summed E-state index contributed by atoms with van der Waals surface area (Å²) in [6.07, 6.45) is 7.52. The zero-order valence-electron chi connectivity index (χ0n) is 20.3. The van der Waals surface area contributed by atoms with Gasteiger partial charge in [0.2, 0.25) is 0 Å². The summed E-state index contributed by atoms with van der Waals surface area (Å²) in [6.45, 7) is 6.42. The van der Waals surface area contributed by atoms with Crippen molar-refractivity contribution in [1.29, 1.82) is 0 Å². The number of amidine groups is 1. The van der Waals surface area contributed by atoms with E-state index < -0.39 is 5.54 Å². The topological polar surface area (TPSA) is 69.0 Å². The van der Waals surface area contributed by atoms with Crippen molar-refractivity contribution >= 4 is 17.8 Å². The fraction of sp³-hybridized carbons (Fsp3) is 0.296. The van der Waals surface area contributed by atoms with Crippen molar-refractivity contribution in [3.05, 3.63) is 83.4 Å². The Kier molecular flexibility index (Phi) is 6.65. The van der Waals surface area contributed by atoms with E-state index in [4.69, 9.17) is 9.47 Å². The fourth-order valence-corrected chi connectivity index (χ4v) is 4.23. The largest absolute Gasteiger partial charge is 0.495 e. The minimum atomic E-state index is -0.664. The Morgan fingerprint density at radius 3 is 2.62 bits per heavy atom. The molecular formula is C27H30N4O3. The highest BCUT2D eigenvalue weighted by Gasteiger charge is 2.42. The zero-order chi connectivity index (χ0) is 24.3. The van der Waals surface area contributed by atoms with Gasteiger partial charge in [0.15, 0.2) is 0 Å². The first-order valence-corrected chi connectivity index (χ1v) is 11.2. The van der Waals surface area contributed by atoms with E-state index in [9.17, 15) is 4.79 Å². The molecule has 2 heterocycles. The highest BCUT2D eigenvalue weighted by molar-refractivity contribution is 6.07. The number of carbonyl (C=O) groups excluding carboxylic acids is 1. The number of ether oxygens (including phenoxy) is 2. The number of aryl methyl sites for hydroxylation is 2. The molecule has 1 aliphatic rings. The van der Waals surface area contributed by atoms with Crippen LogP contribution in [-0.2, 0) is 15.1 Å². The van der Waals surface area contributed by atoms with E-state index in [-0.39, 0.29) is 12.5 Å². The van der Waals surface area contributed by atoms with Gasteiger partial charge in [-0.15, -0.1) is 0 Å². The molecule has 4 rings (SSSR count). The summed E-state index contributed by atoms with van der Waals surface area (Å²) < 4.78 is 13.2. The number of nitrogens with zero attached hydrogens (tertiary/aromatic N) is 4. The van der Waals surface area contributed by atoms with Crippen LogP contribution in [0.4, 0.5) is 0 Å². The maximum absolute atomic E-state index is 13.0. The normalized spacial score (nSPS) is 19.1. The second-order valence-electron chi connectivity index (χ2n) is 8.63. The van der Waals surface area contributed by atoms with Crippen LogP contribution in [0, 0.1) is 13.8 Å². The van der Waals surface area contributed by atoms with Crippen LogP contribution in [0.3, 0.4) is 0 Å². The number of amides is 1. The molecular weight excluding hydrogens is 428 g/mol. The van der Waals surface area contributed by atoms with Crippen LogP contribution >= 0.6 is 0 Å². The summed E-state index contributed by atoms with van der Waals surface area (Å²) in [4.78, 5) is 23.5. The molecule has 0 spiro atoms. The molecule has 3 aromatic rings. The van der Waals surface area contributed by atoms with Crippen molar-refractivity contribution in [1.82, 2.24) is 14.5 Å². The van der Waals surface area contributed by atoms with Gasteiger partial charge in [-0.25, -0.2) is 4.98 Å². The Balaban J connectivity index is 1.65. The molecule has 0 saturated carbocycles. The van der Waals surface area contributed by atoms with Gasteiger partial charge < -0.3 is 14.0 Å². The molecule has 1 atom stereocenters. The minimum Gasteiger partial charge on any atom is -0.495 e. The molecule has 1 amide bonds. The second kappa shape index (κ2) is 9.65. The molecule has 1 fully saturated rings. The van der Waals surface area contributed by atoms with E-state index in [2.05, 4.69) is 9.98 Å². The molecule has 34 heavy (non-hydrogen) atoms. The van der Waals surface area contributed by atoms with Crippen molar-refractivity contribution < 1.29 is 14.3 Å². The molecule has 176 valence electrons. The van der Waals surface area contributed by atoms with Crippen molar-refractivity contribution in [3.8, 4) is 11.4 Å². The third-order valence-electron chi connectivity index (χ3n) is 6.10. The minimum absolute atomic E-state index is 0.0289.